The van der Waals surface area contributed by atoms with Gasteiger partial charge in [-0.05, 0) is 26.7 Å². The van der Waals surface area contributed by atoms with Gasteiger partial charge in [-0.25, -0.2) is 4.79 Å². The summed E-state index contributed by atoms with van der Waals surface area (Å²) in [6.45, 7) is 9.20. The molecule has 0 aliphatic carbocycles. The first kappa shape index (κ1) is 14.2. The Kier molecular flexibility index (Phi) is 7.05. The van der Waals surface area contributed by atoms with E-state index in [1.807, 2.05) is 6.92 Å². The Hall–Kier alpha value is -0.830. The van der Waals surface area contributed by atoms with Gasteiger partial charge in [-0.1, -0.05) is 26.3 Å². The molecule has 0 aromatic rings. The van der Waals surface area contributed by atoms with Crippen molar-refractivity contribution in [3.8, 4) is 0 Å². The van der Waals surface area contributed by atoms with E-state index in [0.717, 1.165) is 25.7 Å². The lowest BCUT2D eigenvalue weighted by molar-refractivity contribution is -0.145. The molecular weight excluding hydrogens is 190 g/mol. The topological polar surface area (TPSA) is 52.3 Å². The van der Waals surface area contributed by atoms with E-state index >= 15 is 0 Å². The van der Waals surface area contributed by atoms with Gasteiger partial charge < -0.3 is 10.5 Å². The normalized spacial score (nSPS) is 14.4. The van der Waals surface area contributed by atoms with Crippen LogP contribution in [0.5, 0.6) is 0 Å². The summed E-state index contributed by atoms with van der Waals surface area (Å²) in [7, 11) is 0. The molecule has 0 amide bonds. The second-order valence-electron chi connectivity index (χ2n) is 4.08. The predicted octanol–water partition coefficient (Wildman–Crippen LogP) is 2.40. The molecule has 0 saturated carbocycles. The molecule has 0 aromatic heterocycles. The van der Waals surface area contributed by atoms with Gasteiger partial charge in [0.2, 0.25) is 0 Å². The molecular formula is C12H23NO2. The maximum atomic E-state index is 11.3. The molecule has 0 fully saturated rings. The Labute approximate surface area is 92.7 Å². The molecule has 15 heavy (non-hydrogen) atoms. The average Bonchev–Trinajstić information content (AvgIpc) is 2.15. The summed E-state index contributed by atoms with van der Waals surface area (Å²) in [6, 6.07) is -0.120. The van der Waals surface area contributed by atoms with E-state index in [0.29, 0.717) is 5.57 Å². The average molecular weight is 213 g/mol. The van der Waals surface area contributed by atoms with Crippen molar-refractivity contribution in [2.75, 3.05) is 0 Å². The van der Waals surface area contributed by atoms with Gasteiger partial charge in [0.1, 0.15) is 6.10 Å². The maximum absolute atomic E-state index is 11.3. The highest BCUT2D eigenvalue weighted by atomic mass is 16.5. The number of carbonyl (C=O) groups excluding carboxylic acids is 1. The Bertz CT molecular complexity index is 212. The van der Waals surface area contributed by atoms with Gasteiger partial charge in [-0.2, -0.15) is 0 Å². The lowest BCUT2D eigenvalue weighted by atomic mass is 10.1. The fraction of sp³-hybridized carbons (Fsp3) is 0.750. The van der Waals surface area contributed by atoms with Gasteiger partial charge >= 0.3 is 5.97 Å². The van der Waals surface area contributed by atoms with Crippen molar-refractivity contribution in [2.45, 2.75) is 58.6 Å². The molecule has 3 nitrogen and oxygen atoms in total. The third-order valence-corrected chi connectivity index (χ3v) is 2.29. The van der Waals surface area contributed by atoms with Crippen LogP contribution < -0.4 is 5.73 Å². The van der Waals surface area contributed by atoms with Gasteiger partial charge in [0.05, 0.1) is 0 Å². The van der Waals surface area contributed by atoms with Crippen LogP contribution in [0.2, 0.25) is 0 Å². The number of esters is 1. The Morgan fingerprint density at radius 3 is 2.47 bits per heavy atom. The van der Waals surface area contributed by atoms with E-state index in [4.69, 9.17) is 10.5 Å². The minimum atomic E-state index is -0.339. The van der Waals surface area contributed by atoms with E-state index in [-0.39, 0.29) is 18.1 Å². The van der Waals surface area contributed by atoms with Gasteiger partial charge in [-0.3, -0.25) is 0 Å². The van der Waals surface area contributed by atoms with E-state index in [2.05, 4.69) is 13.5 Å². The molecule has 2 atom stereocenters. The van der Waals surface area contributed by atoms with E-state index in [1.54, 1.807) is 6.92 Å². The van der Waals surface area contributed by atoms with Crippen molar-refractivity contribution in [3.05, 3.63) is 12.2 Å². The van der Waals surface area contributed by atoms with E-state index < -0.39 is 0 Å². The first-order valence-corrected chi connectivity index (χ1v) is 5.61. The van der Waals surface area contributed by atoms with Crippen LogP contribution >= 0.6 is 0 Å². The summed E-state index contributed by atoms with van der Waals surface area (Å²) in [5.74, 6) is -0.339. The summed E-state index contributed by atoms with van der Waals surface area (Å²) in [5, 5.41) is 0. The van der Waals surface area contributed by atoms with Gasteiger partial charge in [-0.15, -0.1) is 0 Å². The molecule has 0 aromatic carbocycles. The van der Waals surface area contributed by atoms with Crippen molar-refractivity contribution < 1.29 is 9.53 Å². The van der Waals surface area contributed by atoms with Crippen molar-refractivity contribution >= 4 is 5.97 Å². The van der Waals surface area contributed by atoms with Crippen LogP contribution in [0.3, 0.4) is 0 Å². The number of rotatable bonds is 7. The highest BCUT2D eigenvalue weighted by Crippen LogP contribution is 2.11. The fourth-order valence-corrected chi connectivity index (χ4v) is 1.26. The first-order chi connectivity index (χ1) is 6.99. The van der Waals surface area contributed by atoms with Gasteiger partial charge in [0.25, 0.3) is 0 Å². The van der Waals surface area contributed by atoms with Crippen LogP contribution in [0.15, 0.2) is 12.2 Å². The van der Waals surface area contributed by atoms with Crippen molar-refractivity contribution in [2.24, 2.45) is 5.73 Å². The zero-order valence-corrected chi connectivity index (χ0v) is 10.1. The first-order valence-electron chi connectivity index (χ1n) is 5.61. The minimum Gasteiger partial charge on any atom is -0.457 e. The molecule has 2 unspecified atom stereocenters. The van der Waals surface area contributed by atoms with Crippen molar-refractivity contribution in [3.63, 3.8) is 0 Å². The Morgan fingerprint density at radius 1 is 1.47 bits per heavy atom. The zero-order valence-electron chi connectivity index (χ0n) is 10.1. The van der Waals surface area contributed by atoms with E-state index in [1.165, 1.54) is 0 Å². The molecule has 0 spiro atoms. The Morgan fingerprint density at radius 2 is 2.07 bits per heavy atom. The summed E-state index contributed by atoms with van der Waals surface area (Å²) >= 11 is 0. The number of hydrogen-bond donors (Lipinski definition) is 1. The maximum Gasteiger partial charge on any atom is 0.333 e. The van der Waals surface area contributed by atoms with Crippen LogP contribution in [0.4, 0.5) is 0 Å². The SMILES string of the molecule is C=C(C)C(=O)OC(CCCCC)C(C)N. The summed E-state index contributed by atoms with van der Waals surface area (Å²) in [6.07, 6.45) is 4.01. The minimum absolute atomic E-state index is 0.120. The molecule has 0 aliphatic rings. The molecule has 0 heterocycles. The van der Waals surface area contributed by atoms with Crippen molar-refractivity contribution in [1.29, 1.82) is 0 Å². The van der Waals surface area contributed by atoms with Crippen LogP contribution in [0.25, 0.3) is 0 Å². The third kappa shape index (κ3) is 6.28. The van der Waals surface area contributed by atoms with Crippen LogP contribution in [-0.2, 0) is 9.53 Å². The summed E-state index contributed by atoms with van der Waals surface area (Å²) in [5.41, 5.74) is 6.19. The molecule has 3 heteroatoms. The highest BCUT2D eigenvalue weighted by Gasteiger charge is 2.18. The fourth-order valence-electron chi connectivity index (χ4n) is 1.26. The smallest absolute Gasteiger partial charge is 0.333 e. The molecule has 88 valence electrons. The van der Waals surface area contributed by atoms with Gasteiger partial charge in [0.15, 0.2) is 0 Å². The monoisotopic (exact) mass is 213 g/mol. The molecule has 0 aliphatic heterocycles. The summed E-state index contributed by atoms with van der Waals surface area (Å²) in [4.78, 5) is 11.3. The molecule has 0 rings (SSSR count). The zero-order chi connectivity index (χ0) is 11.8. The largest absolute Gasteiger partial charge is 0.457 e. The van der Waals surface area contributed by atoms with Crippen molar-refractivity contribution in [1.82, 2.24) is 0 Å². The molecule has 0 bridgehead atoms. The number of ether oxygens (including phenoxy) is 1. The number of carbonyl (C=O) groups is 1. The summed E-state index contributed by atoms with van der Waals surface area (Å²) < 4.78 is 5.26. The second kappa shape index (κ2) is 7.46. The second-order valence-corrected chi connectivity index (χ2v) is 4.08. The number of unbranched alkanes of at least 4 members (excludes halogenated alkanes) is 2. The predicted molar refractivity (Wildman–Crippen MR) is 62.5 cm³/mol. The third-order valence-electron chi connectivity index (χ3n) is 2.29. The lowest BCUT2D eigenvalue weighted by Crippen LogP contribution is -2.35. The number of hydrogen-bond acceptors (Lipinski definition) is 3. The quantitative estimate of drug-likeness (QED) is 0.401. The Balaban J connectivity index is 4.04. The van der Waals surface area contributed by atoms with Crippen LogP contribution in [0.1, 0.15) is 46.5 Å². The molecule has 0 saturated heterocycles. The molecule has 2 N–H and O–H groups in total. The molecule has 0 radical (unpaired) electrons. The highest BCUT2D eigenvalue weighted by molar-refractivity contribution is 5.87. The lowest BCUT2D eigenvalue weighted by Gasteiger charge is -2.21. The van der Waals surface area contributed by atoms with Crippen LogP contribution in [0, 0.1) is 0 Å². The van der Waals surface area contributed by atoms with Gasteiger partial charge in [0, 0.05) is 11.6 Å². The standard InChI is InChI=1S/C12H23NO2/c1-5-6-7-8-11(10(4)13)15-12(14)9(2)3/h10-11H,2,5-8,13H2,1,3-4H3. The van der Waals surface area contributed by atoms with Crippen LogP contribution in [-0.4, -0.2) is 18.1 Å². The number of nitrogens with two attached hydrogens (primary N) is 1. The van der Waals surface area contributed by atoms with E-state index in [9.17, 15) is 4.79 Å².